The van der Waals surface area contributed by atoms with Crippen LogP contribution < -0.4 is 5.73 Å². The molecule has 4 heteroatoms. The molecular weight excluding hydrogens is 202 g/mol. The topological polar surface area (TPSA) is 64.9 Å². The van der Waals surface area contributed by atoms with Gasteiger partial charge in [0.1, 0.15) is 0 Å². The molecule has 0 saturated heterocycles. The predicted molar refractivity (Wildman–Crippen MR) is 62.0 cm³/mol. The van der Waals surface area contributed by atoms with Gasteiger partial charge in [-0.15, -0.1) is 10.2 Å². The summed E-state index contributed by atoms with van der Waals surface area (Å²) in [6.07, 6.45) is 0.623. The molecule has 0 atom stereocenters. The lowest BCUT2D eigenvalue weighted by atomic mass is 10.1. The highest BCUT2D eigenvalue weighted by Crippen LogP contribution is 2.22. The van der Waals surface area contributed by atoms with E-state index in [1.165, 1.54) is 5.56 Å². The van der Waals surface area contributed by atoms with Gasteiger partial charge in [0, 0.05) is 18.5 Å². The Hall–Kier alpha value is -1.68. The molecule has 1 aromatic heterocycles. The van der Waals surface area contributed by atoms with Crippen LogP contribution in [0.1, 0.15) is 17.0 Å². The summed E-state index contributed by atoms with van der Waals surface area (Å²) in [7, 11) is 0. The van der Waals surface area contributed by atoms with Gasteiger partial charge in [0.15, 0.2) is 0 Å². The third kappa shape index (κ3) is 2.12. The molecule has 0 unspecified atom stereocenters. The average molecular weight is 217 g/mol. The van der Waals surface area contributed by atoms with Gasteiger partial charge in [-0.3, -0.25) is 0 Å². The third-order valence-electron chi connectivity index (χ3n) is 2.44. The first kappa shape index (κ1) is 10.8. The minimum absolute atomic E-state index is 0.522. The Kier molecular flexibility index (Phi) is 3.01. The van der Waals surface area contributed by atoms with Crippen LogP contribution in [0.25, 0.3) is 11.5 Å². The number of nitrogens with zero attached hydrogens (tertiary/aromatic N) is 2. The molecule has 0 fully saturated rings. The Morgan fingerprint density at radius 3 is 2.75 bits per heavy atom. The van der Waals surface area contributed by atoms with Crippen LogP contribution in [0.4, 0.5) is 0 Å². The Morgan fingerprint density at radius 2 is 2.06 bits per heavy atom. The highest BCUT2D eigenvalue weighted by Gasteiger charge is 2.10. The minimum atomic E-state index is 0.522. The Balaban J connectivity index is 2.35. The van der Waals surface area contributed by atoms with Gasteiger partial charge in [-0.05, 0) is 25.5 Å². The fraction of sp³-hybridized carbons (Fsp3) is 0.333. The summed E-state index contributed by atoms with van der Waals surface area (Å²) in [5, 5.41) is 7.97. The van der Waals surface area contributed by atoms with E-state index < -0.39 is 0 Å². The van der Waals surface area contributed by atoms with Crippen LogP contribution in [0.5, 0.6) is 0 Å². The summed E-state index contributed by atoms with van der Waals surface area (Å²) in [4.78, 5) is 0. The summed E-state index contributed by atoms with van der Waals surface area (Å²) >= 11 is 0. The summed E-state index contributed by atoms with van der Waals surface area (Å²) in [6, 6.07) is 6.14. The molecule has 0 aliphatic rings. The highest BCUT2D eigenvalue weighted by molar-refractivity contribution is 5.58. The monoisotopic (exact) mass is 217 g/mol. The second-order valence-corrected chi connectivity index (χ2v) is 3.86. The highest BCUT2D eigenvalue weighted by atomic mass is 16.4. The fourth-order valence-electron chi connectivity index (χ4n) is 1.64. The summed E-state index contributed by atoms with van der Waals surface area (Å²) < 4.78 is 5.53. The maximum atomic E-state index is 5.53. The van der Waals surface area contributed by atoms with E-state index in [1.807, 2.05) is 19.1 Å². The van der Waals surface area contributed by atoms with Crippen molar-refractivity contribution in [2.75, 3.05) is 6.54 Å². The molecule has 84 valence electrons. The van der Waals surface area contributed by atoms with E-state index in [2.05, 4.69) is 23.2 Å². The van der Waals surface area contributed by atoms with Crippen molar-refractivity contribution in [3.63, 3.8) is 0 Å². The molecule has 4 nitrogen and oxygen atoms in total. The molecule has 0 bridgehead atoms. The number of aryl methyl sites for hydroxylation is 2. The fourth-order valence-corrected chi connectivity index (χ4v) is 1.64. The Morgan fingerprint density at radius 1 is 1.25 bits per heavy atom. The zero-order chi connectivity index (χ0) is 11.5. The van der Waals surface area contributed by atoms with Crippen molar-refractivity contribution >= 4 is 0 Å². The van der Waals surface area contributed by atoms with E-state index in [0.717, 1.165) is 11.1 Å². The number of aromatic nitrogens is 2. The van der Waals surface area contributed by atoms with Gasteiger partial charge in [0.2, 0.25) is 11.8 Å². The smallest absolute Gasteiger partial charge is 0.247 e. The van der Waals surface area contributed by atoms with Crippen molar-refractivity contribution in [3.05, 3.63) is 35.2 Å². The van der Waals surface area contributed by atoms with Crippen LogP contribution in [0.3, 0.4) is 0 Å². The normalized spacial score (nSPS) is 10.7. The van der Waals surface area contributed by atoms with Gasteiger partial charge in [0.25, 0.3) is 0 Å². The average Bonchev–Trinajstić information content (AvgIpc) is 2.67. The predicted octanol–water partition coefficient (Wildman–Crippen LogP) is 1.85. The van der Waals surface area contributed by atoms with Crippen LogP contribution in [0.15, 0.2) is 22.6 Å². The number of nitrogens with two attached hydrogens (primary N) is 1. The standard InChI is InChI=1S/C12H15N3O/c1-8-3-4-10(9(2)7-8)12-15-14-11(16-12)5-6-13/h3-4,7H,5-6,13H2,1-2H3. The zero-order valence-electron chi connectivity index (χ0n) is 9.53. The Labute approximate surface area is 94.5 Å². The van der Waals surface area contributed by atoms with Crippen molar-refractivity contribution in [1.29, 1.82) is 0 Å². The molecule has 2 rings (SSSR count). The molecule has 1 aromatic carbocycles. The Bertz CT molecular complexity index is 491. The van der Waals surface area contributed by atoms with E-state index in [1.54, 1.807) is 0 Å². The van der Waals surface area contributed by atoms with Crippen LogP contribution in [-0.4, -0.2) is 16.7 Å². The van der Waals surface area contributed by atoms with Gasteiger partial charge in [-0.1, -0.05) is 17.7 Å². The number of rotatable bonds is 3. The van der Waals surface area contributed by atoms with E-state index in [0.29, 0.717) is 24.7 Å². The molecule has 2 aromatic rings. The number of benzene rings is 1. The van der Waals surface area contributed by atoms with Gasteiger partial charge >= 0.3 is 0 Å². The van der Waals surface area contributed by atoms with Gasteiger partial charge in [-0.2, -0.15) is 0 Å². The van der Waals surface area contributed by atoms with E-state index in [4.69, 9.17) is 10.2 Å². The summed E-state index contributed by atoms with van der Waals surface area (Å²) in [6.45, 7) is 4.62. The first-order chi connectivity index (χ1) is 7.70. The van der Waals surface area contributed by atoms with Crippen LogP contribution in [-0.2, 0) is 6.42 Å². The van der Waals surface area contributed by atoms with E-state index >= 15 is 0 Å². The van der Waals surface area contributed by atoms with Crippen LogP contribution in [0.2, 0.25) is 0 Å². The summed E-state index contributed by atoms with van der Waals surface area (Å²) in [5.41, 5.74) is 8.78. The molecule has 1 heterocycles. The van der Waals surface area contributed by atoms with Gasteiger partial charge in [0.05, 0.1) is 0 Å². The van der Waals surface area contributed by atoms with Crippen LogP contribution in [0, 0.1) is 13.8 Å². The van der Waals surface area contributed by atoms with Gasteiger partial charge < -0.3 is 10.2 Å². The molecule has 16 heavy (non-hydrogen) atoms. The quantitative estimate of drug-likeness (QED) is 0.852. The van der Waals surface area contributed by atoms with Crippen molar-refractivity contribution in [3.8, 4) is 11.5 Å². The molecule has 2 N–H and O–H groups in total. The van der Waals surface area contributed by atoms with Gasteiger partial charge in [-0.25, -0.2) is 0 Å². The SMILES string of the molecule is Cc1ccc(-c2nnc(CCN)o2)c(C)c1. The molecular formula is C12H15N3O. The molecule has 0 aliphatic heterocycles. The van der Waals surface area contributed by atoms with Crippen LogP contribution >= 0.6 is 0 Å². The lowest BCUT2D eigenvalue weighted by molar-refractivity contribution is 0.507. The molecule has 0 spiro atoms. The second-order valence-electron chi connectivity index (χ2n) is 3.86. The molecule has 0 aliphatic carbocycles. The number of hydrogen-bond donors (Lipinski definition) is 1. The number of hydrogen-bond acceptors (Lipinski definition) is 4. The van der Waals surface area contributed by atoms with Crippen molar-refractivity contribution in [2.45, 2.75) is 20.3 Å². The third-order valence-corrected chi connectivity index (χ3v) is 2.44. The zero-order valence-corrected chi connectivity index (χ0v) is 9.53. The lowest BCUT2D eigenvalue weighted by Crippen LogP contribution is -2.02. The van der Waals surface area contributed by atoms with E-state index in [-0.39, 0.29) is 0 Å². The largest absolute Gasteiger partial charge is 0.421 e. The van der Waals surface area contributed by atoms with E-state index in [9.17, 15) is 0 Å². The minimum Gasteiger partial charge on any atom is -0.421 e. The summed E-state index contributed by atoms with van der Waals surface area (Å²) in [5.74, 6) is 1.17. The maximum Gasteiger partial charge on any atom is 0.247 e. The second kappa shape index (κ2) is 4.45. The first-order valence-corrected chi connectivity index (χ1v) is 5.31. The van der Waals surface area contributed by atoms with Crippen molar-refractivity contribution < 1.29 is 4.42 Å². The first-order valence-electron chi connectivity index (χ1n) is 5.31. The molecule has 0 radical (unpaired) electrons. The molecule has 0 amide bonds. The van der Waals surface area contributed by atoms with Crippen molar-refractivity contribution in [1.82, 2.24) is 10.2 Å². The maximum absolute atomic E-state index is 5.53. The molecule has 0 saturated carbocycles. The lowest BCUT2D eigenvalue weighted by Gasteiger charge is -2.01. The van der Waals surface area contributed by atoms with Crippen molar-refractivity contribution in [2.24, 2.45) is 5.73 Å².